The topological polar surface area (TPSA) is 127 Å². The van der Waals surface area contributed by atoms with Crippen LogP contribution in [0, 0.1) is 0 Å². The molecule has 1 rings (SSSR count). The van der Waals surface area contributed by atoms with Gasteiger partial charge in [-0.3, -0.25) is 9.28 Å². The molecule has 0 amide bonds. The number of ketones is 1. The predicted molar refractivity (Wildman–Crippen MR) is 93.1 cm³/mol. The summed E-state index contributed by atoms with van der Waals surface area (Å²) in [5.41, 5.74) is 0. The summed E-state index contributed by atoms with van der Waals surface area (Å²) in [7, 11) is -4.58. The second-order valence-corrected chi connectivity index (χ2v) is 7.77. The number of aliphatic imine (C=N–C) groups is 1. The molecule has 0 aromatic carbocycles. The number of Topliss-reactive ketones (excluding diaryl/α,β-unsaturated/α-hetero) is 1. The largest absolute Gasteiger partial charge is 1.00 e. The van der Waals surface area contributed by atoms with Gasteiger partial charge in [-0.15, -0.1) is 0 Å². The Morgan fingerprint density at radius 1 is 1.42 bits per heavy atom. The van der Waals surface area contributed by atoms with Crippen LogP contribution in [0.1, 0.15) is 32.6 Å². The average Bonchev–Trinajstić information content (AvgIpc) is 2.88. The van der Waals surface area contributed by atoms with Crippen LogP contribution in [0.3, 0.4) is 0 Å². The Morgan fingerprint density at radius 2 is 2.12 bits per heavy atom. The molecule has 10 heteroatoms. The van der Waals surface area contributed by atoms with Crippen LogP contribution in [0.2, 0.25) is 0 Å². The van der Waals surface area contributed by atoms with Gasteiger partial charge in [0.25, 0.3) is 5.84 Å². The number of quaternary nitrogens is 1. The average molecular weight is 399 g/mol. The van der Waals surface area contributed by atoms with Crippen LogP contribution in [0.25, 0.3) is 0 Å². The van der Waals surface area contributed by atoms with Crippen molar-refractivity contribution in [3.8, 4) is 0 Å². The SMILES string of the molecule is CCCC/C=C/CC(=O)C1=NCC[N+]1(CCO)CC(O)CS(=O)(=O)[O-].[Na+]. The molecule has 0 aromatic rings. The van der Waals surface area contributed by atoms with Crippen molar-refractivity contribution in [2.45, 2.75) is 38.7 Å². The number of carbonyl (C=O) groups excluding carboxylic acids is 1. The Kier molecular flexibility index (Phi) is 12.3. The van der Waals surface area contributed by atoms with Gasteiger partial charge in [-0.25, -0.2) is 13.4 Å². The molecule has 2 N–H and O–H groups in total. The van der Waals surface area contributed by atoms with Gasteiger partial charge in [-0.05, 0) is 6.42 Å². The third-order valence-electron chi connectivity index (χ3n) is 4.17. The fraction of sp³-hybridized carbons (Fsp3) is 0.750. The molecule has 0 aromatic heterocycles. The van der Waals surface area contributed by atoms with Crippen molar-refractivity contribution in [1.29, 1.82) is 0 Å². The fourth-order valence-corrected chi connectivity index (χ4v) is 3.62. The van der Waals surface area contributed by atoms with Crippen molar-refractivity contribution in [3.63, 3.8) is 0 Å². The van der Waals surface area contributed by atoms with Crippen molar-refractivity contribution in [2.75, 3.05) is 38.5 Å². The Balaban J connectivity index is 0.00000625. The van der Waals surface area contributed by atoms with E-state index in [1.54, 1.807) is 6.08 Å². The molecule has 1 heterocycles. The summed E-state index contributed by atoms with van der Waals surface area (Å²) in [6.45, 7) is 2.59. The van der Waals surface area contributed by atoms with Gasteiger partial charge in [0, 0.05) is 6.42 Å². The maximum Gasteiger partial charge on any atom is 1.00 e. The first kappa shape index (κ1) is 25.9. The first-order valence-corrected chi connectivity index (χ1v) is 10.1. The molecule has 2 unspecified atom stereocenters. The zero-order valence-corrected chi connectivity index (χ0v) is 18.4. The minimum absolute atomic E-state index is 0. The van der Waals surface area contributed by atoms with Gasteiger partial charge in [0.15, 0.2) is 0 Å². The molecule has 0 aliphatic carbocycles. The smallest absolute Gasteiger partial charge is 0.748 e. The summed E-state index contributed by atoms with van der Waals surface area (Å²) in [6.07, 6.45) is 5.50. The number of allylic oxidation sites excluding steroid dienone is 2. The van der Waals surface area contributed by atoms with E-state index in [0.29, 0.717) is 13.1 Å². The Labute approximate surface area is 177 Å². The number of rotatable bonds is 12. The van der Waals surface area contributed by atoms with E-state index < -0.39 is 22.0 Å². The number of unbranched alkanes of at least 4 members (excludes halogenated alkanes) is 2. The van der Waals surface area contributed by atoms with Crippen LogP contribution in [0.15, 0.2) is 17.1 Å². The van der Waals surface area contributed by atoms with Crippen molar-refractivity contribution >= 4 is 21.7 Å². The van der Waals surface area contributed by atoms with Crippen LogP contribution >= 0.6 is 0 Å². The van der Waals surface area contributed by atoms with Crippen molar-refractivity contribution in [1.82, 2.24) is 0 Å². The summed E-state index contributed by atoms with van der Waals surface area (Å²) in [5, 5.41) is 19.3. The first-order chi connectivity index (χ1) is 11.7. The molecule has 2 atom stereocenters. The van der Waals surface area contributed by atoms with Crippen LogP contribution in [0.4, 0.5) is 0 Å². The van der Waals surface area contributed by atoms with Crippen LogP contribution in [-0.4, -0.2) is 83.9 Å². The number of hydrogen-bond donors (Lipinski definition) is 2. The molecule has 0 bridgehead atoms. The molecule has 1 aliphatic rings. The van der Waals surface area contributed by atoms with E-state index in [-0.39, 0.29) is 71.8 Å². The van der Waals surface area contributed by atoms with Gasteiger partial charge >= 0.3 is 29.6 Å². The molecule has 1 aliphatic heterocycles. The molecular formula is C16H28N2NaO6S+. The van der Waals surface area contributed by atoms with Crippen LogP contribution in [-0.2, 0) is 14.9 Å². The third-order valence-corrected chi connectivity index (χ3v) is 4.96. The van der Waals surface area contributed by atoms with Crippen LogP contribution < -0.4 is 29.6 Å². The van der Waals surface area contributed by atoms with Crippen LogP contribution in [0.5, 0.6) is 0 Å². The first-order valence-electron chi connectivity index (χ1n) is 8.56. The summed E-state index contributed by atoms with van der Waals surface area (Å²) in [6, 6.07) is 0. The number of aliphatic hydroxyl groups excluding tert-OH is 2. The van der Waals surface area contributed by atoms with Gasteiger partial charge in [0.2, 0.25) is 5.78 Å². The minimum atomic E-state index is -4.58. The molecule has 0 saturated heterocycles. The minimum Gasteiger partial charge on any atom is -0.748 e. The zero-order chi connectivity index (χ0) is 18.9. The number of nitrogens with zero attached hydrogens (tertiary/aromatic N) is 2. The normalized spacial score (nSPS) is 21.5. The Bertz CT molecular complexity index is 608. The standard InChI is InChI=1S/C16H28N2O6S.Na/c1-2-3-4-5-6-7-15(21)16-17-8-9-18(16,10-11-19)12-14(20)13-25(22,23)24;/h5-6,14,19-20H,2-4,7-13H2,1H3;/q;+1/b6-5+;. The van der Waals surface area contributed by atoms with E-state index in [4.69, 9.17) is 0 Å². The summed E-state index contributed by atoms with van der Waals surface area (Å²) in [4.78, 5) is 16.7. The molecule has 0 fully saturated rings. The van der Waals surface area contributed by atoms with Crippen molar-refractivity contribution in [2.24, 2.45) is 4.99 Å². The molecule has 0 saturated carbocycles. The second-order valence-electron chi connectivity index (χ2n) is 6.32. The number of amidine groups is 1. The van der Waals surface area contributed by atoms with E-state index in [9.17, 15) is 28.0 Å². The Hall–Kier alpha value is -0.130. The fourth-order valence-electron chi connectivity index (χ4n) is 3.05. The van der Waals surface area contributed by atoms with Gasteiger partial charge < -0.3 is 14.8 Å². The number of carbonyl (C=O) groups is 1. The summed E-state index contributed by atoms with van der Waals surface area (Å²) < 4.78 is 32.4. The number of aliphatic hydroxyl groups is 2. The van der Waals surface area contributed by atoms with E-state index >= 15 is 0 Å². The molecule has 8 nitrogen and oxygen atoms in total. The quantitative estimate of drug-likeness (QED) is 0.117. The zero-order valence-electron chi connectivity index (χ0n) is 15.6. The van der Waals surface area contributed by atoms with E-state index in [0.717, 1.165) is 19.3 Å². The number of hydrogen-bond acceptors (Lipinski definition) is 7. The molecule has 144 valence electrons. The molecule has 0 radical (unpaired) electrons. The third kappa shape index (κ3) is 8.71. The predicted octanol–water partition coefficient (Wildman–Crippen LogP) is -3.18. The van der Waals surface area contributed by atoms with Crippen molar-refractivity contribution in [3.05, 3.63) is 12.2 Å². The summed E-state index contributed by atoms with van der Waals surface area (Å²) >= 11 is 0. The summed E-state index contributed by atoms with van der Waals surface area (Å²) in [5.74, 6) is -0.899. The molecule has 26 heavy (non-hydrogen) atoms. The second kappa shape index (κ2) is 12.4. The van der Waals surface area contributed by atoms with Gasteiger partial charge in [0.1, 0.15) is 25.7 Å². The van der Waals surface area contributed by atoms with Gasteiger partial charge in [-0.2, -0.15) is 0 Å². The monoisotopic (exact) mass is 399 g/mol. The Morgan fingerprint density at radius 3 is 2.69 bits per heavy atom. The molecular weight excluding hydrogens is 371 g/mol. The molecule has 0 spiro atoms. The van der Waals surface area contributed by atoms with Gasteiger partial charge in [-0.1, -0.05) is 31.9 Å². The van der Waals surface area contributed by atoms with E-state index in [2.05, 4.69) is 11.9 Å². The van der Waals surface area contributed by atoms with E-state index in [1.807, 2.05) is 6.08 Å². The maximum atomic E-state index is 12.5. The van der Waals surface area contributed by atoms with E-state index in [1.165, 1.54) is 0 Å². The van der Waals surface area contributed by atoms with Crippen molar-refractivity contribution < 1.29 is 62.0 Å². The van der Waals surface area contributed by atoms with Gasteiger partial charge in [0.05, 0.1) is 29.0 Å². The maximum absolute atomic E-state index is 12.5.